The Bertz CT molecular complexity index is 1400. The van der Waals surface area contributed by atoms with Crippen molar-refractivity contribution in [2.24, 2.45) is 10.5 Å². The van der Waals surface area contributed by atoms with Crippen molar-refractivity contribution in [3.05, 3.63) is 52.9 Å². The van der Waals surface area contributed by atoms with Gasteiger partial charge in [0.25, 0.3) is 0 Å². The predicted molar refractivity (Wildman–Crippen MR) is 174 cm³/mol. The number of carboxylic acid groups (broad SMARTS) is 1. The number of aliphatic hydroxyl groups excluding tert-OH is 1. The zero-order chi connectivity index (χ0) is 33.9. The molecule has 3 amide bonds. The Balaban J connectivity index is 1.54. The zero-order valence-corrected chi connectivity index (χ0v) is 27.7. The van der Waals surface area contributed by atoms with E-state index in [-0.39, 0.29) is 44.2 Å². The van der Waals surface area contributed by atoms with Crippen LogP contribution in [0.15, 0.2) is 46.8 Å². The molecule has 1 aliphatic heterocycles. The second-order valence-corrected chi connectivity index (χ2v) is 13.4. The number of β-amino-alcohol motifs (C(OH)–C–C–N with tert-alkyl or cyclic N) is 1. The van der Waals surface area contributed by atoms with E-state index in [0.29, 0.717) is 31.5 Å². The molecule has 13 nitrogen and oxygen atoms in total. The van der Waals surface area contributed by atoms with E-state index >= 15 is 0 Å². The molecular weight excluding hydrogens is 610 g/mol. The molecule has 1 aliphatic rings. The molecule has 3 atom stereocenters. The number of allylic oxidation sites excluding steroid dienone is 1. The molecule has 1 aromatic heterocycles. The van der Waals surface area contributed by atoms with E-state index in [4.69, 9.17) is 10.6 Å². The number of aryl methyl sites for hydroxylation is 1. The summed E-state index contributed by atoms with van der Waals surface area (Å²) in [5, 5.41) is 31.3. The first-order valence-electron chi connectivity index (χ1n) is 15.4. The van der Waals surface area contributed by atoms with Crippen LogP contribution in [-0.2, 0) is 25.7 Å². The summed E-state index contributed by atoms with van der Waals surface area (Å²) in [6, 6.07) is 6.05. The smallest absolute Gasteiger partial charge is 0.303 e. The predicted octanol–water partition coefficient (Wildman–Crippen LogP) is 3.72. The second kappa shape index (κ2) is 16.9. The molecule has 6 N–H and O–H groups in total. The highest BCUT2D eigenvalue weighted by Gasteiger charge is 2.44. The van der Waals surface area contributed by atoms with Crippen molar-refractivity contribution in [3.63, 3.8) is 0 Å². The Morgan fingerprint density at radius 1 is 1.15 bits per heavy atom. The maximum absolute atomic E-state index is 13.8. The number of likely N-dealkylation sites (tertiary alicyclic amines) is 1. The summed E-state index contributed by atoms with van der Waals surface area (Å²) < 4.78 is 0. The van der Waals surface area contributed by atoms with Gasteiger partial charge in [0.2, 0.25) is 17.7 Å². The van der Waals surface area contributed by atoms with Crippen molar-refractivity contribution in [3.8, 4) is 10.4 Å². The first-order chi connectivity index (χ1) is 21.8. The van der Waals surface area contributed by atoms with Gasteiger partial charge in [-0.2, -0.15) is 5.11 Å². The Morgan fingerprint density at radius 2 is 1.87 bits per heavy atom. The molecule has 0 aliphatic carbocycles. The van der Waals surface area contributed by atoms with Crippen LogP contribution in [0.3, 0.4) is 0 Å². The molecule has 1 saturated heterocycles. The lowest BCUT2D eigenvalue weighted by Crippen LogP contribution is -2.57. The van der Waals surface area contributed by atoms with Crippen molar-refractivity contribution in [2.45, 2.75) is 91.0 Å². The van der Waals surface area contributed by atoms with Crippen molar-refractivity contribution in [1.82, 2.24) is 25.8 Å². The van der Waals surface area contributed by atoms with Gasteiger partial charge in [0.05, 0.1) is 27.9 Å². The number of carbonyl (C=O) groups is 4. The van der Waals surface area contributed by atoms with Gasteiger partial charge in [-0.15, -0.1) is 11.3 Å². The van der Waals surface area contributed by atoms with Gasteiger partial charge in [0, 0.05) is 45.1 Å². The van der Waals surface area contributed by atoms with E-state index in [9.17, 15) is 24.3 Å². The summed E-state index contributed by atoms with van der Waals surface area (Å²) in [5.74, 6) is -2.03. The maximum atomic E-state index is 13.8. The molecule has 0 unspecified atom stereocenters. The Kier molecular flexibility index (Phi) is 13.4. The minimum absolute atomic E-state index is 0.00558. The molecule has 14 heteroatoms. The fourth-order valence-electron chi connectivity index (χ4n) is 5.14. The van der Waals surface area contributed by atoms with Gasteiger partial charge >= 0.3 is 5.97 Å². The summed E-state index contributed by atoms with van der Waals surface area (Å²) in [5.41, 5.74) is 11.7. The van der Waals surface area contributed by atoms with E-state index < -0.39 is 35.5 Å². The summed E-state index contributed by atoms with van der Waals surface area (Å²) in [6.07, 6.45) is 2.06. The first-order valence-corrected chi connectivity index (χ1v) is 16.2. The largest absolute Gasteiger partial charge is 0.481 e. The number of aliphatic carboxylic acids is 1. The Morgan fingerprint density at radius 3 is 2.48 bits per heavy atom. The number of carbonyl (C=O) groups excluding carboxylic acids is 3. The molecule has 3 rings (SSSR count). The number of benzene rings is 1. The normalized spacial score (nSPS) is 17.3. The van der Waals surface area contributed by atoms with Gasteiger partial charge < -0.3 is 31.1 Å². The fourth-order valence-corrected chi connectivity index (χ4v) is 5.95. The van der Waals surface area contributed by atoms with Crippen LogP contribution in [0, 0.1) is 17.9 Å². The van der Waals surface area contributed by atoms with Gasteiger partial charge in [-0.3, -0.25) is 19.2 Å². The molecule has 250 valence electrons. The lowest BCUT2D eigenvalue weighted by atomic mass is 9.85. The summed E-state index contributed by atoms with van der Waals surface area (Å²) in [6.45, 7) is 8.12. The molecule has 0 saturated carbocycles. The average Bonchev–Trinajstić information content (AvgIpc) is 3.62. The van der Waals surface area contributed by atoms with Gasteiger partial charge in [-0.1, -0.05) is 45.0 Å². The fraction of sp³-hybridized carbons (Fsp3) is 0.531. The van der Waals surface area contributed by atoms with Crippen molar-refractivity contribution in [1.29, 1.82) is 5.53 Å². The summed E-state index contributed by atoms with van der Waals surface area (Å²) >= 11 is 1.57. The van der Waals surface area contributed by atoms with Crippen LogP contribution < -0.4 is 16.0 Å². The Hall–Kier alpha value is -4.17. The molecule has 0 bridgehead atoms. The highest BCUT2D eigenvalue weighted by molar-refractivity contribution is 7.13. The molecular formula is C32H45N7O6S. The van der Waals surface area contributed by atoms with Crippen LogP contribution in [-0.4, -0.2) is 75.1 Å². The van der Waals surface area contributed by atoms with Crippen LogP contribution in [0.2, 0.25) is 0 Å². The van der Waals surface area contributed by atoms with Gasteiger partial charge in [-0.25, -0.2) is 10.5 Å². The number of hydrogen-bond acceptors (Lipinski definition) is 10. The molecule has 1 aromatic carbocycles. The van der Waals surface area contributed by atoms with Crippen molar-refractivity contribution in [2.75, 3.05) is 13.1 Å². The maximum Gasteiger partial charge on any atom is 0.303 e. The van der Waals surface area contributed by atoms with Crippen LogP contribution >= 0.6 is 11.3 Å². The molecule has 46 heavy (non-hydrogen) atoms. The first kappa shape index (κ1) is 36.3. The summed E-state index contributed by atoms with van der Waals surface area (Å²) in [4.78, 5) is 57.3. The minimum Gasteiger partial charge on any atom is -0.481 e. The number of carboxylic acids is 1. The van der Waals surface area contributed by atoms with Crippen molar-refractivity contribution < 1.29 is 29.4 Å². The van der Waals surface area contributed by atoms with Crippen LogP contribution in [0.5, 0.6) is 0 Å². The third kappa shape index (κ3) is 10.7. The van der Waals surface area contributed by atoms with Gasteiger partial charge in [0.15, 0.2) is 0 Å². The lowest BCUT2D eigenvalue weighted by Gasteiger charge is -2.35. The molecule has 2 heterocycles. The van der Waals surface area contributed by atoms with E-state index in [1.807, 2.05) is 52.0 Å². The second-order valence-electron chi connectivity index (χ2n) is 12.5. The van der Waals surface area contributed by atoms with Crippen molar-refractivity contribution >= 4 is 35.0 Å². The number of nitrogens with zero attached hydrogens (tertiary/aromatic N) is 3. The zero-order valence-electron chi connectivity index (χ0n) is 26.8. The molecule has 0 radical (unpaired) electrons. The van der Waals surface area contributed by atoms with Crippen LogP contribution in [0.1, 0.15) is 70.6 Å². The quantitative estimate of drug-likeness (QED) is 0.116. The van der Waals surface area contributed by atoms with E-state index in [1.165, 1.54) is 11.1 Å². The van der Waals surface area contributed by atoms with Gasteiger partial charge in [0.1, 0.15) is 12.1 Å². The molecule has 2 aromatic rings. The van der Waals surface area contributed by atoms with Gasteiger partial charge in [-0.05, 0) is 42.7 Å². The van der Waals surface area contributed by atoms with Crippen LogP contribution in [0.4, 0.5) is 0 Å². The number of hydrogen-bond donors (Lipinski definition) is 6. The number of thiazole rings is 1. The SMILES string of the molecule is Cc1ncsc1-c1ccc(CNC(=O)[C@@H]2C[C@@H](O)CN2C(=O)[C@@H](NC(=O)CCCN/C=C(/CCCC(=O)O)N=N)C(C)(C)C)cc1. The highest BCUT2D eigenvalue weighted by Crippen LogP contribution is 2.28. The monoisotopic (exact) mass is 655 g/mol. The van der Waals surface area contributed by atoms with E-state index in [0.717, 1.165) is 21.7 Å². The standard InChI is InChI=1S/C32H45N7O6S/c1-20-28(46-19-36-20)22-12-10-21(11-13-22)16-35-30(44)25-15-24(40)18-39(25)31(45)29(32(2,3)4)37-26(41)8-6-14-34-17-23(38-33)7-5-9-27(42)43/h10-13,17,19,24-25,29,33-34,40H,5-9,14-16,18H2,1-4H3,(H,35,44)(H,37,41)(H,42,43)/b23-17-,38-33?/t24-,25+,29-/m1/s1. The number of aliphatic hydroxyl groups is 1. The van der Waals surface area contributed by atoms with E-state index in [1.54, 1.807) is 16.8 Å². The number of aromatic nitrogens is 1. The lowest BCUT2D eigenvalue weighted by molar-refractivity contribution is -0.144. The third-order valence-corrected chi connectivity index (χ3v) is 8.65. The topological polar surface area (TPSA) is 197 Å². The molecule has 0 spiro atoms. The summed E-state index contributed by atoms with van der Waals surface area (Å²) in [7, 11) is 0. The van der Waals surface area contributed by atoms with Crippen LogP contribution in [0.25, 0.3) is 10.4 Å². The Labute approximate surface area is 273 Å². The average molecular weight is 656 g/mol. The minimum atomic E-state index is -0.917. The number of amides is 3. The molecule has 1 fully saturated rings. The third-order valence-electron chi connectivity index (χ3n) is 7.67. The number of rotatable bonds is 16. The number of nitrogens with one attached hydrogen (secondary N) is 4. The highest BCUT2D eigenvalue weighted by atomic mass is 32.1. The van der Waals surface area contributed by atoms with E-state index in [2.05, 4.69) is 26.0 Å².